The fourth-order valence-corrected chi connectivity index (χ4v) is 1.41. The molecule has 0 saturated carbocycles. The van der Waals surface area contributed by atoms with E-state index in [1.54, 1.807) is 0 Å². The molecule has 0 radical (unpaired) electrons. The number of aliphatic hydroxyl groups excluding tert-OH is 1. The number of carbonyl (C=O) groups excluding carboxylic acids is 1. The molecule has 1 unspecified atom stereocenters. The van der Waals surface area contributed by atoms with Crippen molar-refractivity contribution >= 4 is 5.91 Å². The molecule has 2 N–H and O–H groups in total. The Morgan fingerprint density at radius 2 is 2.20 bits per heavy atom. The van der Waals surface area contributed by atoms with E-state index in [4.69, 9.17) is 4.74 Å². The van der Waals surface area contributed by atoms with Crippen LogP contribution in [0.25, 0.3) is 0 Å². The molecule has 0 aliphatic heterocycles. The zero-order chi connectivity index (χ0) is 15.2. The Hall–Kier alpha value is -1.67. The largest absolute Gasteiger partial charge is 0.417 e. The van der Waals surface area contributed by atoms with Crippen molar-refractivity contribution in [2.75, 3.05) is 20.3 Å². The Kier molecular flexibility index (Phi) is 5.90. The highest BCUT2D eigenvalue weighted by molar-refractivity contribution is 5.92. The van der Waals surface area contributed by atoms with Gasteiger partial charge in [-0.2, -0.15) is 13.2 Å². The third-order valence-electron chi connectivity index (χ3n) is 2.45. The second-order valence-corrected chi connectivity index (χ2v) is 4.08. The lowest BCUT2D eigenvalue weighted by atomic mass is 10.2. The van der Waals surface area contributed by atoms with Crippen LogP contribution in [0.4, 0.5) is 13.2 Å². The van der Waals surface area contributed by atoms with E-state index < -0.39 is 23.8 Å². The van der Waals surface area contributed by atoms with Crippen LogP contribution in [0.15, 0.2) is 18.3 Å². The average molecular weight is 292 g/mol. The van der Waals surface area contributed by atoms with Gasteiger partial charge in [-0.05, 0) is 18.6 Å². The fourth-order valence-electron chi connectivity index (χ4n) is 1.41. The van der Waals surface area contributed by atoms with Gasteiger partial charge in [0, 0.05) is 19.9 Å². The number of aromatic nitrogens is 1. The van der Waals surface area contributed by atoms with Crippen LogP contribution in [0.1, 0.15) is 22.5 Å². The summed E-state index contributed by atoms with van der Waals surface area (Å²) in [5, 5.41) is 11.8. The van der Waals surface area contributed by atoms with Gasteiger partial charge in [-0.15, -0.1) is 0 Å². The molecule has 0 fully saturated rings. The van der Waals surface area contributed by atoms with Gasteiger partial charge in [0.05, 0.1) is 18.3 Å². The number of hydrogen-bond acceptors (Lipinski definition) is 4. The van der Waals surface area contributed by atoms with E-state index in [0.29, 0.717) is 6.20 Å². The number of hydrogen-bond donors (Lipinski definition) is 2. The maximum Gasteiger partial charge on any atom is 0.417 e. The molecule has 1 aromatic heterocycles. The van der Waals surface area contributed by atoms with Gasteiger partial charge in [-0.3, -0.25) is 9.78 Å². The van der Waals surface area contributed by atoms with Gasteiger partial charge in [0.1, 0.15) is 5.69 Å². The number of amides is 1. The van der Waals surface area contributed by atoms with Crippen molar-refractivity contribution in [1.29, 1.82) is 0 Å². The van der Waals surface area contributed by atoms with Crippen LogP contribution in [0.5, 0.6) is 0 Å². The van der Waals surface area contributed by atoms with E-state index in [0.717, 1.165) is 12.1 Å². The highest BCUT2D eigenvalue weighted by Crippen LogP contribution is 2.28. The normalized spacial score (nSPS) is 13.1. The predicted octanol–water partition coefficient (Wildman–Crippen LogP) is 1.23. The summed E-state index contributed by atoms with van der Waals surface area (Å²) in [7, 11) is 1.44. The number of aliphatic hydroxyl groups is 1. The van der Waals surface area contributed by atoms with Crippen LogP contribution < -0.4 is 5.32 Å². The Bertz CT molecular complexity index is 435. The Morgan fingerprint density at radius 3 is 2.70 bits per heavy atom. The van der Waals surface area contributed by atoms with E-state index in [1.807, 2.05) is 0 Å². The molecule has 1 rings (SSSR count). The number of rotatable bonds is 6. The standard InChI is InChI=1S/C12H15F3N2O3/c1-20-7-9(18)4-5-16-11(19)10-3-2-8(6-17-10)12(13,14)15/h2-3,6,9,18H,4-5,7H2,1H3,(H,16,19). The van der Waals surface area contributed by atoms with E-state index >= 15 is 0 Å². The number of alkyl halides is 3. The van der Waals surface area contributed by atoms with Gasteiger partial charge in [-0.25, -0.2) is 0 Å². The molecule has 1 heterocycles. The first-order valence-corrected chi connectivity index (χ1v) is 5.83. The number of nitrogens with one attached hydrogen (secondary N) is 1. The molecule has 1 aromatic rings. The van der Waals surface area contributed by atoms with E-state index in [-0.39, 0.29) is 25.3 Å². The van der Waals surface area contributed by atoms with Crippen LogP contribution in [-0.4, -0.2) is 42.4 Å². The van der Waals surface area contributed by atoms with Crippen molar-refractivity contribution in [3.05, 3.63) is 29.6 Å². The average Bonchev–Trinajstić information content (AvgIpc) is 2.38. The summed E-state index contributed by atoms with van der Waals surface area (Å²) in [6.07, 6.45) is -4.30. The molecule has 20 heavy (non-hydrogen) atoms. The molecule has 1 amide bonds. The van der Waals surface area contributed by atoms with E-state index in [9.17, 15) is 23.1 Å². The van der Waals surface area contributed by atoms with Crippen molar-refractivity contribution < 1.29 is 27.8 Å². The first kappa shape index (κ1) is 16.4. The Labute approximate surface area is 113 Å². The molecule has 0 aliphatic rings. The summed E-state index contributed by atoms with van der Waals surface area (Å²) in [6, 6.07) is 1.80. The maximum absolute atomic E-state index is 12.3. The molecule has 0 aliphatic carbocycles. The number of pyridine rings is 1. The highest BCUT2D eigenvalue weighted by atomic mass is 19.4. The van der Waals surface area contributed by atoms with E-state index in [2.05, 4.69) is 10.3 Å². The third-order valence-corrected chi connectivity index (χ3v) is 2.45. The van der Waals surface area contributed by atoms with Crippen LogP contribution >= 0.6 is 0 Å². The molecule has 1 atom stereocenters. The Morgan fingerprint density at radius 1 is 1.50 bits per heavy atom. The lowest BCUT2D eigenvalue weighted by Gasteiger charge is -2.10. The number of carbonyl (C=O) groups is 1. The minimum atomic E-state index is -4.48. The molecule has 8 heteroatoms. The van der Waals surface area contributed by atoms with Gasteiger partial charge in [-0.1, -0.05) is 0 Å². The second kappa shape index (κ2) is 7.20. The number of ether oxygens (including phenoxy) is 1. The smallest absolute Gasteiger partial charge is 0.391 e. The summed E-state index contributed by atoms with van der Waals surface area (Å²) < 4.78 is 41.6. The van der Waals surface area contributed by atoms with Crippen LogP contribution in [0.2, 0.25) is 0 Å². The van der Waals surface area contributed by atoms with Gasteiger partial charge in [0.25, 0.3) is 5.91 Å². The first-order chi connectivity index (χ1) is 9.34. The lowest BCUT2D eigenvalue weighted by molar-refractivity contribution is -0.137. The number of halogens is 3. The van der Waals surface area contributed by atoms with Crippen molar-refractivity contribution in [3.63, 3.8) is 0 Å². The highest BCUT2D eigenvalue weighted by Gasteiger charge is 2.30. The molecule has 112 valence electrons. The fraction of sp³-hybridized carbons (Fsp3) is 0.500. The van der Waals surface area contributed by atoms with Crippen LogP contribution in [-0.2, 0) is 10.9 Å². The SMILES string of the molecule is COCC(O)CCNC(=O)c1ccc(C(F)(F)F)cn1. The van der Waals surface area contributed by atoms with Crippen LogP contribution in [0, 0.1) is 0 Å². The summed E-state index contributed by atoms with van der Waals surface area (Å²) in [4.78, 5) is 15.0. The molecular formula is C12H15F3N2O3. The molecule has 0 spiro atoms. The van der Waals surface area contributed by atoms with Gasteiger partial charge < -0.3 is 15.2 Å². The second-order valence-electron chi connectivity index (χ2n) is 4.08. The maximum atomic E-state index is 12.3. The zero-order valence-corrected chi connectivity index (χ0v) is 10.8. The summed E-state index contributed by atoms with van der Waals surface area (Å²) in [5.41, 5.74) is -1.02. The third kappa shape index (κ3) is 5.14. The minimum Gasteiger partial charge on any atom is -0.391 e. The Balaban J connectivity index is 2.48. The number of methoxy groups -OCH3 is 1. The van der Waals surface area contributed by atoms with Crippen LogP contribution in [0.3, 0.4) is 0 Å². The summed E-state index contributed by atoms with van der Waals surface area (Å²) >= 11 is 0. The predicted molar refractivity (Wildman–Crippen MR) is 64.1 cm³/mol. The van der Waals surface area contributed by atoms with Crippen molar-refractivity contribution in [2.45, 2.75) is 18.7 Å². The molecular weight excluding hydrogens is 277 g/mol. The minimum absolute atomic E-state index is 0.112. The molecule has 5 nitrogen and oxygen atoms in total. The van der Waals surface area contributed by atoms with Gasteiger partial charge >= 0.3 is 6.18 Å². The topological polar surface area (TPSA) is 71.5 Å². The quantitative estimate of drug-likeness (QED) is 0.827. The summed E-state index contributed by atoms with van der Waals surface area (Å²) in [5.74, 6) is -0.594. The number of nitrogens with zero attached hydrogens (tertiary/aromatic N) is 1. The molecule has 0 bridgehead atoms. The van der Waals surface area contributed by atoms with Crippen molar-refractivity contribution in [1.82, 2.24) is 10.3 Å². The first-order valence-electron chi connectivity index (χ1n) is 5.83. The van der Waals surface area contributed by atoms with Gasteiger partial charge in [0.15, 0.2) is 0 Å². The monoisotopic (exact) mass is 292 g/mol. The van der Waals surface area contributed by atoms with Crippen molar-refractivity contribution in [3.8, 4) is 0 Å². The van der Waals surface area contributed by atoms with Crippen molar-refractivity contribution in [2.24, 2.45) is 0 Å². The zero-order valence-electron chi connectivity index (χ0n) is 10.8. The molecule has 0 aromatic carbocycles. The molecule has 0 saturated heterocycles. The van der Waals surface area contributed by atoms with E-state index in [1.165, 1.54) is 7.11 Å². The van der Waals surface area contributed by atoms with Gasteiger partial charge in [0.2, 0.25) is 0 Å². The summed E-state index contributed by atoms with van der Waals surface area (Å²) in [6.45, 7) is 0.320. The lowest BCUT2D eigenvalue weighted by Crippen LogP contribution is -2.29.